The van der Waals surface area contributed by atoms with Gasteiger partial charge in [-0.1, -0.05) is 0 Å². The number of nitrogens with zero attached hydrogens (tertiary/aromatic N) is 4. The Kier molecular flexibility index (Phi) is 4.59. The van der Waals surface area contributed by atoms with E-state index < -0.39 is 35.5 Å². The van der Waals surface area contributed by atoms with Crippen molar-refractivity contribution in [2.45, 2.75) is 6.54 Å². The molecule has 7 nitrogen and oxygen atoms in total. The lowest BCUT2D eigenvalue weighted by atomic mass is 10.1. The van der Waals surface area contributed by atoms with Crippen LogP contribution in [0.5, 0.6) is 0 Å². The fourth-order valence-electron chi connectivity index (χ4n) is 2.73. The summed E-state index contributed by atoms with van der Waals surface area (Å²) in [5.41, 5.74) is 0.377. The molecule has 1 N–H and O–H groups in total. The van der Waals surface area contributed by atoms with E-state index in [1.54, 1.807) is 0 Å². The number of fused-ring (bicyclic) bond motifs is 1. The maximum atomic E-state index is 13.7. The van der Waals surface area contributed by atoms with Crippen LogP contribution in [-0.2, 0) is 11.3 Å². The van der Waals surface area contributed by atoms with Crippen LogP contribution in [0.3, 0.4) is 0 Å². The molecule has 0 bridgehead atoms. The molecular weight excluding hydrogens is 387 g/mol. The van der Waals surface area contributed by atoms with Crippen molar-refractivity contribution in [3.63, 3.8) is 0 Å². The molecule has 146 valence electrons. The van der Waals surface area contributed by atoms with Crippen molar-refractivity contribution in [2.24, 2.45) is 0 Å². The van der Waals surface area contributed by atoms with Crippen molar-refractivity contribution in [3.05, 3.63) is 82.7 Å². The van der Waals surface area contributed by atoms with Gasteiger partial charge in [-0.3, -0.25) is 9.59 Å². The summed E-state index contributed by atoms with van der Waals surface area (Å²) in [6.45, 7) is -0.483. The van der Waals surface area contributed by atoms with Gasteiger partial charge in [0.05, 0.1) is 11.4 Å². The number of nitrogens with one attached hydrogen (secondary N) is 1. The first-order valence-electron chi connectivity index (χ1n) is 8.37. The number of halogens is 3. The molecule has 0 unspecified atom stereocenters. The predicted molar refractivity (Wildman–Crippen MR) is 97.6 cm³/mol. The Morgan fingerprint density at radius 3 is 2.45 bits per heavy atom. The van der Waals surface area contributed by atoms with Crippen LogP contribution in [0.1, 0.15) is 0 Å². The topological polar surface area (TPSA) is 81.3 Å². The molecule has 29 heavy (non-hydrogen) atoms. The summed E-state index contributed by atoms with van der Waals surface area (Å²) < 4.78 is 41.8. The lowest BCUT2D eigenvalue weighted by molar-refractivity contribution is -0.117. The number of carbonyl (C=O) groups excluding carboxylic acids is 1. The Hall–Kier alpha value is -3.95. The Bertz CT molecular complexity index is 1280. The molecule has 0 fully saturated rings. The minimum Gasteiger partial charge on any atom is -0.322 e. The Morgan fingerprint density at radius 1 is 1.00 bits per heavy atom. The molecule has 0 atom stereocenters. The number of aromatic nitrogens is 4. The first-order valence-corrected chi connectivity index (χ1v) is 8.37. The molecule has 2 aromatic heterocycles. The third-order valence-electron chi connectivity index (χ3n) is 4.13. The zero-order valence-corrected chi connectivity index (χ0v) is 14.6. The highest BCUT2D eigenvalue weighted by Crippen LogP contribution is 2.18. The smallest absolute Gasteiger partial charge is 0.293 e. The second kappa shape index (κ2) is 7.23. The molecule has 4 rings (SSSR count). The number of hydrogen-bond acceptors (Lipinski definition) is 4. The molecule has 0 aliphatic rings. The lowest BCUT2D eigenvalue weighted by Gasteiger charge is -2.07. The molecule has 0 aliphatic carbocycles. The first kappa shape index (κ1) is 18.4. The van der Waals surface area contributed by atoms with E-state index in [4.69, 9.17) is 0 Å². The molecule has 0 spiro atoms. The summed E-state index contributed by atoms with van der Waals surface area (Å²) in [5.74, 6) is -2.83. The summed E-state index contributed by atoms with van der Waals surface area (Å²) in [6.07, 6.45) is 1.25. The SMILES string of the molecule is O=C(Cn1ncn2nc(-c3ccc(F)cc3)cc2c1=O)Nc1ccc(F)cc1F. The van der Waals surface area contributed by atoms with E-state index in [2.05, 4.69) is 15.5 Å². The quantitative estimate of drug-likeness (QED) is 0.572. The minimum absolute atomic E-state index is 0.153. The van der Waals surface area contributed by atoms with Crippen molar-refractivity contribution in [1.82, 2.24) is 19.4 Å². The fraction of sp³-hybridized carbons (Fsp3) is 0.0526. The number of amides is 1. The maximum Gasteiger partial charge on any atom is 0.293 e. The van der Waals surface area contributed by atoms with Crippen LogP contribution in [0.2, 0.25) is 0 Å². The van der Waals surface area contributed by atoms with Gasteiger partial charge < -0.3 is 5.32 Å². The summed E-state index contributed by atoms with van der Waals surface area (Å²) in [7, 11) is 0. The Labute approximate surface area is 161 Å². The molecule has 4 aromatic rings. The second-order valence-electron chi connectivity index (χ2n) is 6.13. The van der Waals surface area contributed by atoms with Crippen molar-refractivity contribution in [2.75, 3.05) is 5.32 Å². The van der Waals surface area contributed by atoms with Gasteiger partial charge in [-0.05, 0) is 42.5 Å². The summed E-state index contributed by atoms with van der Waals surface area (Å²) in [5, 5.41) is 10.3. The van der Waals surface area contributed by atoms with Crippen LogP contribution in [0.15, 0.2) is 59.7 Å². The zero-order valence-electron chi connectivity index (χ0n) is 14.6. The highest BCUT2D eigenvalue weighted by atomic mass is 19.1. The van der Waals surface area contributed by atoms with E-state index in [9.17, 15) is 22.8 Å². The van der Waals surface area contributed by atoms with E-state index >= 15 is 0 Å². The number of hydrogen-bond donors (Lipinski definition) is 1. The summed E-state index contributed by atoms with van der Waals surface area (Å²) >= 11 is 0. The van der Waals surface area contributed by atoms with Crippen molar-refractivity contribution in [1.29, 1.82) is 0 Å². The Morgan fingerprint density at radius 2 is 1.72 bits per heavy atom. The molecule has 0 radical (unpaired) electrons. The van der Waals surface area contributed by atoms with Crippen LogP contribution in [0.25, 0.3) is 16.8 Å². The number of anilines is 1. The van der Waals surface area contributed by atoms with Gasteiger partial charge in [-0.25, -0.2) is 22.4 Å². The van der Waals surface area contributed by atoms with Crippen LogP contribution in [-0.4, -0.2) is 25.3 Å². The average molecular weight is 399 g/mol. The van der Waals surface area contributed by atoms with Gasteiger partial charge in [-0.2, -0.15) is 10.2 Å². The zero-order chi connectivity index (χ0) is 20.5. The van der Waals surface area contributed by atoms with E-state index in [0.717, 1.165) is 16.8 Å². The average Bonchev–Trinajstić information content (AvgIpc) is 3.12. The molecule has 10 heteroatoms. The number of carbonyl (C=O) groups is 1. The third kappa shape index (κ3) is 3.72. The monoisotopic (exact) mass is 399 g/mol. The van der Waals surface area contributed by atoms with Crippen molar-refractivity contribution < 1.29 is 18.0 Å². The number of rotatable bonds is 4. The lowest BCUT2D eigenvalue weighted by Crippen LogP contribution is -2.30. The molecule has 0 saturated heterocycles. The highest BCUT2D eigenvalue weighted by molar-refractivity contribution is 5.90. The normalized spacial score (nSPS) is 11.0. The summed E-state index contributed by atoms with van der Waals surface area (Å²) in [4.78, 5) is 24.7. The van der Waals surface area contributed by atoms with E-state index in [-0.39, 0.29) is 11.2 Å². The minimum atomic E-state index is -0.936. The largest absolute Gasteiger partial charge is 0.322 e. The van der Waals surface area contributed by atoms with Crippen LogP contribution >= 0.6 is 0 Å². The van der Waals surface area contributed by atoms with Crippen LogP contribution in [0, 0.1) is 17.5 Å². The van der Waals surface area contributed by atoms with Crippen LogP contribution < -0.4 is 10.9 Å². The van der Waals surface area contributed by atoms with Gasteiger partial charge in [0.25, 0.3) is 5.56 Å². The second-order valence-corrected chi connectivity index (χ2v) is 6.13. The van der Waals surface area contributed by atoms with Gasteiger partial charge in [0.15, 0.2) is 0 Å². The highest BCUT2D eigenvalue weighted by Gasteiger charge is 2.14. The third-order valence-corrected chi connectivity index (χ3v) is 4.13. The maximum absolute atomic E-state index is 13.7. The van der Waals surface area contributed by atoms with Gasteiger partial charge in [0.1, 0.15) is 35.8 Å². The molecule has 2 aromatic carbocycles. The van der Waals surface area contributed by atoms with E-state index in [0.29, 0.717) is 17.3 Å². The number of benzene rings is 2. The standard InChI is InChI=1S/C19H12F3N5O2/c20-12-3-1-11(2-4-12)16-8-17-19(29)26(23-10-27(17)25-16)9-18(28)24-15-6-5-13(21)7-14(15)22/h1-8,10H,9H2,(H,24,28). The summed E-state index contributed by atoms with van der Waals surface area (Å²) in [6, 6.07) is 9.79. The van der Waals surface area contributed by atoms with Gasteiger partial charge >= 0.3 is 0 Å². The van der Waals surface area contributed by atoms with Crippen molar-refractivity contribution in [3.8, 4) is 11.3 Å². The predicted octanol–water partition coefficient (Wildman–Crippen LogP) is 2.61. The van der Waals surface area contributed by atoms with Gasteiger partial charge in [-0.15, -0.1) is 0 Å². The molecule has 0 aliphatic heterocycles. The fourth-order valence-corrected chi connectivity index (χ4v) is 2.73. The van der Waals surface area contributed by atoms with E-state index in [1.807, 2.05) is 0 Å². The van der Waals surface area contributed by atoms with Crippen LogP contribution in [0.4, 0.5) is 18.9 Å². The molecule has 2 heterocycles. The molecule has 1 amide bonds. The Balaban J connectivity index is 1.59. The van der Waals surface area contributed by atoms with Gasteiger partial charge in [0, 0.05) is 11.6 Å². The van der Waals surface area contributed by atoms with Gasteiger partial charge in [0.2, 0.25) is 5.91 Å². The van der Waals surface area contributed by atoms with E-state index in [1.165, 1.54) is 41.2 Å². The molecular formula is C19H12F3N5O2. The molecule has 0 saturated carbocycles. The van der Waals surface area contributed by atoms with Crippen molar-refractivity contribution >= 4 is 17.1 Å². The first-order chi connectivity index (χ1) is 13.9.